The second-order valence-electron chi connectivity index (χ2n) is 2.61. The molecule has 0 fully saturated rings. The minimum atomic E-state index is -3.28. The fourth-order valence-electron chi connectivity index (χ4n) is 1.04. The number of methoxy groups -OCH3 is 1. The smallest absolute Gasteiger partial charge is 0.171 e. The van der Waals surface area contributed by atoms with E-state index in [1.807, 2.05) is 0 Å². The van der Waals surface area contributed by atoms with Gasteiger partial charge in [0.2, 0.25) is 0 Å². The van der Waals surface area contributed by atoms with Gasteiger partial charge < -0.3 is 9.29 Å². The van der Waals surface area contributed by atoms with E-state index >= 15 is 0 Å². The Morgan fingerprint density at radius 2 is 2.15 bits per heavy atom. The van der Waals surface area contributed by atoms with Crippen molar-refractivity contribution in [2.75, 3.05) is 7.11 Å². The van der Waals surface area contributed by atoms with Crippen molar-refractivity contribution in [1.29, 1.82) is 0 Å². The standard InChI is InChI=1S/C8H10O3S2/c1-6-5-7(11-2)3-4-8(6)13(9,10)12/h3-5H,1-2H3,(H,9,10,12). The number of hydrogen-bond acceptors (Lipinski definition) is 3. The lowest BCUT2D eigenvalue weighted by Gasteiger charge is -2.06. The van der Waals surface area contributed by atoms with Crippen LogP contribution in [0.1, 0.15) is 5.56 Å². The van der Waals surface area contributed by atoms with E-state index in [2.05, 4.69) is 11.2 Å². The maximum atomic E-state index is 11.1. The molecule has 1 atom stereocenters. The van der Waals surface area contributed by atoms with Crippen molar-refractivity contribution in [2.24, 2.45) is 0 Å². The molecule has 0 aromatic heterocycles. The number of hydrogen-bond donors (Lipinski definition) is 1. The summed E-state index contributed by atoms with van der Waals surface area (Å²) in [6.07, 6.45) is 0. The highest BCUT2D eigenvalue weighted by atomic mass is 32.8. The second kappa shape index (κ2) is 3.61. The molecule has 0 saturated carbocycles. The molecule has 5 heteroatoms. The summed E-state index contributed by atoms with van der Waals surface area (Å²) in [6.45, 7) is 1.72. The van der Waals surface area contributed by atoms with Crippen molar-refractivity contribution in [3.63, 3.8) is 0 Å². The molecular formula is C8H10O3S2. The van der Waals surface area contributed by atoms with Crippen LogP contribution in [0.3, 0.4) is 0 Å². The lowest BCUT2D eigenvalue weighted by atomic mass is 10.2. The molecule has 0 aliphatic heterocycles. The lowest BCUT2D eigenvalue weighted by molar-refractivity contribution is 0.414. The Balaban J connectivity index is 3.29. The predicted molar refractivity (Wildman–Crippen MR) is 54.1 cm³/mol. The van der Waals surface area contributed by atoms with Crippen LogP contribution in [0.2, 0.25) is 0 Å². The van der Waals surface area contributed by atoms with Gasteiger partial charge in [0.25, 0.3) is 0 Å². The van der Waals surface area contributed by atoms with Gasteiger partial charge in [-0.1, -0.05) is 0 Å². The Kier molecular flexibility index (Phi) is 2.90. The Morgan fingerprint density at radius 3 is 2.54 bits per heavy atom. The Morgan fingerprint density at radius 1 is 1.54 bits per heavy atom. The molecule has 0 heterocycles. The topological polar surface area (TPSA) is 46.5 Å². The van der Waals surface area contributed by atoms with Crippen LogP contribution in [0.25, 0.3) is 0 Å². The first-order valence-corrected chi connectivity index (χ1v) is 6.01. The van der Waals surface area contributed by atoms with Crippen LogP contribution in [0.15, 0.2) is 23.1 Å². The van der Waals surface area contributed by atoms with E-state index in [1.165, 1.54) is 6.07 Å². The molecule has 0 saturated heterocycles. The summed E-state index contributed by atoms with van der Waals surface area (Å²) in [5.41, 5.74) is 0.668. The zero-order valence-corrected chi connectivity index (χ0v) is 8.95. The summed E-state index contributed by atoms with van der Waals surface area (Å²) in [5, 5.41) is 0. The Hall–Kier alpha value is -0.650. The Labute approximate surface area is 82.2 Å². The van der Waals surface area contributed by atoms with Crippen LogP contribution in [-0.4, -0.2) is 15.9 Å². The average Bonchev–Trinajstić information content (AvgIpc) is 2.01. The monoisotopic (exact) mass is 218 g/mol. The van der Waals surface area contributed by atoms with Gasteiger partial charge in [-0.3, -0.25) is 0 Å². The summed E-state index contributed by atoms with van der Waals surface area (Å²) < 4.78 is 25.2. The quantitative estimate of drug-likeness (QED) is 0.818. The predicted octanol–water partition coefficient (Wildman–Crippen LogP) is 1.58. The highest BCUT2D eigenvalue weighted by Gasteiger charge is 2.09. The summed E-state index contributed by atoms with van der Waals surface area (Å²) in [7, 11) is -1.74. The molecule has 3 nitrogen and oxygen atoms in total. The SMILES string of the molecule is COc1ccc(S(=O)(O)=S)c(C)c1. The molecule has 0 amide bonds. The first-order valence-electron chi connectivity index (χ1n) is 3.57. The van der Waals surface area contributed by atoms with Crippen LogP contribution in [-0.2, 0) is 20.0 Å². The summed E-state index contributed by atoms with van der Waals surface area (Å²) in [5.74, 6) is 0.653. The highest BCUT2D eigenvalue weighted by Crippen LogP contribution is 2.20. The van der Waals surface area contributed by atoms with Gasteiger partial charge in [0, 0.05) is 11.2 Å². The number of ether oxygens (including phenoxy) is 1. The van der Waals surface area contributed by atoms with Gasteiger partial charge in [-0.25, -0.2) is 4.21 Å². The molecular weight excluding hydrogens is 208 g/mol. The molecule has 0 bridgehead atoms. The molecule has 1 unspecified atom stereocenters. The van der Waals surface area contributed by atoms with Crippen molar-refractivity contribution in [3.05, 3.63) is 23.8 Å². The van der Waals surface area contributed by atoms with E-state index < -0.39 is 8.77 Å². The van der Waals surface area contributed by atoms with Crippen LogP contribution in [0, 0.1) is 6.92 Å². The summed E-state index contributed by atoms with van der Waals surface area (Å²) in [4.78, 5) is 0.281. The van der Waals surface area contributed by atoms with Crippen molar-refractivity contribution >= 4 is 20.0 Å². The fourth-order valence-corrected chi connectivity index (χ4v) is 2.31. The number of aryl methyl sites for hydroxylation is 1. The first-order chi connectivity index (χ1) is 5.95. The third-order valence-corrected chi connectivity index (χ3v) is 3.21. The second-order valence-corrected chi connectivity index (χ2v) is 5.35. The molecule has 0 aliphatic rings. The normalized spacial score (nSPS) is 15.0. The lowest BCUT2D eigenvalue weighted by Crippen LogP contribution is -1.99. The van der Waals surface area contributed by atoms with E-state index in [-0.39, 0.29) is 4.90 Å². The molecule has 1 aromatic carbocycles. The average molecular weight is 218 g/mol. The minimum Gasteiger partial charge on any atom is -0.497 e. The van der Waals surface area contributed by atoms with E-state index in [0.717, 1.165) is 0 Å². The van der Waals surface area contributed by atoms with Crippen molar-refractivity contribution < 1.29 is 13.5 Å². The highest BCUT2D eigenvalue weighted by molar-refractivity contribution is 8.29. The first kappa shape index (κ1) is 10.4. The number of benzene rings is 1. The van der Waals surface area contributed by atoms with Gasteiger partial charge in [0.1, 0.15) is 5.75 Å². The summed E-state index contributed by atoms with van der Waals surface area (Å²) in [6, 6.07) is 4.81. The van der Waals surface area contributed by atoms with Gasteiger partial charge in [-0.15, -0.1) is 0 Å². The molecule has 1 rings (SSSR count). The van der Waals surface area contributed by atoms with Gasteiger partial charge in [0.15, 0.2) is 8.77 Å². The maximum absolute atomic E-state index is 11.1. The van der Waals surface area contributed by atoms with Crippen LogP contribution in [0.4, 0.5) is 0 Å². The largest absolute Gasteiger partial charge is 0.497 e. The van der Waals surface area contributed by atoms with Crippen LogP contribution >= 0.6 is 0 Å². The molecule has 1 N–H and O–H groups in total. The van der Waals surface area contributed by atoms with E-state index in [1.54, 1.807) is 26.2 Å². The van der Waals surface area contributed by atoms with Crippen molar-refractivity contribution in [3.8, 4) is 5.75 Å². The molecule has 0 aliphatic carbocycles. The van der Waals surface area contributed by atoms with Gasteiger partial charge in [-0.05, 0) is 30.7 Å². The molecule has 0 radical (unpaired) electrons. The van der Waals surface area contributed by atoms with Crippen LogP contribution in [0.5, 0.6) is 5.75 Å². The van der Waals surface area contributed by atoms with E-state index in [9.17, 15) is 4.21 Å². The van der Waals surface area contributed by atoms with Crippen molar-refractivity contribution in [2.45, 2.75) is 11.8 Å². The summed E-state index contributed by atoms with van der Waals surface area (Å²) >= 11 is 4.46. The zero-order valence-electron chi connectivity index (χ0n) is 7.31. The fraction of sp³-hybridized carbons (Fsp3) is 0.250. The zero-order chi connectivity index (χ0) is 10.1. The molecule has 1 aromatic rings. The third-order valence-electron chi connectivity index (χ3n) is 1.66. The molecule has 0 spiro atoms. The van der Waals surface area contributed by atoms with E-state index in [0.29, 0.717) is 11.3 Å². The van der Waals surface area contributed by atoms with Gasteiger partial charge in [-0.2, -0.15) is 0 Å². The Bertz CT molecular complexity index is 409. The van der Waals surface area contributed by atoms with Gasteiger partial charge in [0.05, 0.1) is 12.0 Å². The van der Waals surface area contributed by atoms with E-state index in [4.69, 9.17) is 9.29 Å². The van der Waals surface area contributed by atoms with Crippen molar-refractivity contribution in [1.82, 2.24) is 0 Å². The maximum Gasteiger partial charge on any atom is 0.171 e. The van der Waals surface area contributed by atoms with Crippen LogP contribution < -0.4 is 4.74 Å². The minimum absolute atomic E-state index is 0.281. The van der Waals surface area contributed by atoms with Gasteiger partial charge >= 0.3 is 0 Å². The molecule has 72 valence electrons. The third kappa shape index (κ3) is 2.40. The number of rotatable bonds is 2. The molecule has 13 heavy (non-hydrogen) atoms.